The summed E-state index contributed by atoms with van der Waals surface area (Å²) in [6.45, 7) is 3.31. The minimum absolute atomic E-state index is 0.0424. The van der Waals surface area contributed by atoms with Crippen molar-refractivity contribution in [2.45, 2.75) is 20.0 Å². The van der Waals surface area contributed by atoms with E-state index < -0.39 is 6.10 Å². The second-order valence-electron chi connectivity index (χ2n) is 3.94. The number of ether oxygens (including phenoxy) is 1. The Hall–Kier alpha value is -2.06. The summed E-state index contributed by atoms with van der Waals surface area (Å²) in [6, 6.07) is 7.20. The van der Waals surface area contributed by atoms with Gasteiger partial charge in [0.25, 0.3) is 5.91 Å². The van der Waals surface area contributed by atoms with Crippen LogP contribution in [0.15, 0.2) is 18.2 Å². The normalized spacial score (nSPS) is 11.4. The standard InChI is InChI=1S/C13H16N2O3/c1-9-3-4-11(10(2)16)12(7-9)18-8-13(17)15-6-5-14/h3-4,7,10,16H,6,8H2,1-2H3,(H,15,17). The number of nitrogens with one attached hydrogen (secondary N) is 1. The van der Waals surface area contributed by atoms with E-state index in [9.17, 15) is 9.90 Å². The number of hydrogen-bond donors (Lipinski definition) is 2. The molecule has 1 amide bonds. The number of carbonyl (C=O) groups excluding carboxylic acids is 1. The maximum absolute atomic E-state index is 11.3. The van der Waals surface area contributed by atoms with Crippen LogP contribution in [0.4, 0.5) is 0 Å². The minimum Gasteiger partial charge on any atom is -0.483 e. The maximum Gasteiger partial charge on any atom is 0.258 e. The van der Waals surface area contributed by atoms with E-state index in [1.165, 1.54) is 0 Å². The molecule has 1 unspecified atom stereocenters. The summed E-state index contributed by atoms with van der Waals surface area (Å²) < 4.78 is 5.36. The first-order chi connectivity index (χ1) is 8.54. The fourth-order valence-electron chi connectivity index (χ4n) is 1.44. The molecule has 5 heteroatoms. The second-order valence-corrected chi connectivity index (χ2v) is 3.94. The van der Waals surface area contributed by atoms with Crippen LogP contribution in [0, 0.1) is 18.3 Å². The Morgan fingerprint density at radius 2 is 2.33 bits per heavy atom. The SMILES string of the molecule is Cc1ccc(C(C)O)c(OCC(=O)NCC#N)c1. The first-order valence-corrected chi connectivity index (χ1v) is 5.59. The molecule has 1 rings (SSSR count). The van der Waals surface area contributed by atoms with E-state index in [4.69, 9.17) is 10.00 Å². The van der Waals surface area contributed by atoms with E-state index in [1.54, 1.807) is 19.1 Å². The molecule has 0 radical (unpaired) electrons. The molecule has 0 spiro atoms. The maximum atomic E-state index is 11.3. The molecule has 0 aliphatic carbocycles. The number of rotatable bonds is 5. The molecule has 0 aromatic heterocycles. The molecule has 18 heavy (non-hydrogen) atoms. The summed E-state index contributed by atoms with van der Waals surface area (Å²) in [4.78, 5) is 11.3. The van der Waals surface area contributed by atoms with Crippen molar-refractivity contribution in [3.63, 3.8) is 0 Å². The Kier molecular flexibility index (Phi) is 5.15. The zero-order valence-electron chi connectivity index (χ0n) is 10.4. The Balaban J connectivity index is 2.69. The van der Waals surface area contributed by atoms with Crippen LogP contribution in [0.2, 0.25) is 0 Å². The number of aliphatic hydroxyl groups is 1. The van der Waals surface area contributed by atoms with Crippen molar-refractivity contribution in [1.82, 2.24) is 5.32 Å². The lowest BCUT2D eigenvalue weighted by Crippen LogP contribution is -2.29. The number of nitrogens with zero attached hydrogens (tertiary/aromatic N) is 1. The van der Waals surface area contributed by atoms with Gasteiger partial charge in [0.05, 0.1) is 12.2 Å². The van der Waals surface area contributed by atoms with E-state index in [-0.39, 0.29) is 19.1 Å². The molecule has 0 saturated carbocycles. The molecule has 0 heterocycles. The first-order valence-electron chi connectivity index (χ1n) is 5.59. The third kappa shape index (κ3) is 4.07. The van der Waals surface area contributed by atoms with Gasteiger partial charge in [-0.15, -0.1) is 0 Å². The lowest BCUT2D eigenvalue weighted by Gasteiger charge is -2.13. The topological polar surface area (TPSA) is 82.3 Å². The van der Waals surface area contributed by atoms with Crippen LogP contribution in [0.3, 0.4) is 0 Å². The van der Waals surface area contributed by atoms with Crippen LogP contribution in [0.5, 0.6) is 5.75 Å². The lowest BCUT2D eigenvalue weighted by molar-refractivity contribution is -0.122. The van der Waals surface area contributed by atoms with Gasteiger partial charge in [-0.1, -0.05) is 12.1 Å². The highest BCUT2D eigenvalue weighted by Gasteiger charge is 2.10. The highest BCUT2D eigenvalue weighted by atomic mass is 16.5. The number of hydrogen-bond acceptors (Lipinski definition) is 4. The molecule has 1 aromatic carbocycles. The average Bonchev–Trinajstić information content (AvgIpc) is 2.33. The monoisotopic (exact) mass is 248 g/mol. The molecule has 0 saturated heterocycles. The number of aliphatic hydroxyl groups excluding tert-OH is 1. The van der Waals surface area contributed by atoms with Gasteiger partial charge in [-0.2, -0.15) is 5.26 Å². The van der Waals surface area contributed by atoms with E-state index in [1.807, 2.05) is 19.1 Å². The number of benzene rings is 1. The number of carbonyl (C=O) groups is 1. The van der Waals surface area contributed by atoms with Crippen molar-refractivity contribution in [3.8, 4) is 11.8 Å². The fourth-order valence-corrected chi connectivity index (χ4v) is 1.44. The third-order valence-electron chi connectivity index (χ3n) is 2.34. The van der Waals surface area contributed by atoms with E-state index in [2.05, 4.69) is 5.32 Å². The molecule has 1 atom stereocenters. The Morgan fingerprint density at radius 1 is 1.61 bits per heavy atom. The van der Waals surface area contributed by atoms with E-state index >= 15 is 0 Å². The Bertz CT molecular complexity index is 464. The summed E-state index contributed by atoms with van der Waals surface area (Å²) in [5, 5.41) is 20.3. The van der Waals surface area contributed by atoms with Gasteiger partial charge >= 0.3 is 0 Å². The third-order valence-corrected chi connectivity index (χ3v) is 2.34. The van der Waals surface area contributed by atoms with E-state index in [0.29, 0.717) is 11.3 Å². The minimum atomic E-state index is -0.664. The first kappa shape index (κ1) is 14.0. The van der Waals surface area contributed by atoms with Crippen molar-refractivity contribution < 1.29 is 14.6 Å². The van der Waals surface area contributed by atoms with Crippen molar-refractivity contribution in [2.24, 2.45) is 0 Å². The largest absolute Gasteiger partial charge is 0.483 e. The number of nitriles is 1. The van der Waals surface area contributed by atoms with Crippen LogP contribution in [-0.2, 0) is 4.79 Å². The van der Waals surface area contributed by atoms with E-state index in [0.717, 1.165) is 5.56 Å². The molecular formula is C13H16N2O3. The number of aryl methyl sites for hydroxylation is 1. The van der Waals surface area contributed by atoms with Gasteiger partial charge in [-0.25, -0.2) is 0 Å². The van der Waals surface area contributed by atoms with Crippen molar-refractivity contribution in [2.75, 3.05) is 13.2 Å². The summed E-state index contributed by atoms with van der Waals surface area (Å²) in [7, 11) is 0. The molecule has 0 fully saturated rings. The van der Waals surface area contributed by atoms with Gasteiger partial charge in [0.15, 0.2) is 6.61 Å². The fraction of sp³-hybridized carbons (Fsp3) is 0.385. The van der Waals surface area contributed by atoms with Crippen molar-refractivity contribution in [3.05, 3.63) is 29.3 Å². The lowest BCUT2D eigenvalue weighted by atomic mass is 10.1. The van der Waals surface area contributed by atoms with Gasteiger partial charge in [-0.3, -0.25) is 4.79 Å². The zero-order chi connectivity index (χ0) is 13.5. The number of amides is 1. The van der Waals surface area contributed by atoms with Gasteiger partial charge in [0.1, 0.15) is 12.3 Å². The summed E-state index contributed by atoms with van der Waals surface area (Å²) in [5.74, 6) is 0.117. The summed E-state index contributed by atoms with van der Waals surface area (Å²) >= 11 is 0. The van der Waals surface area contributed by atoms with Gasteiger partial charge in [-0.05, 0) is 25.5 Å². The second kappa shape index (κ2) is 6.62. The Morgan fingerprint density at radius 3 is 2.94 bits per heavy atom. The van der Waals surface area contributed by atoms with Crippen LogP contribution < -0.4 is 10.1 Å². The molecule has 1 aromatic rings. The molecule has 0 bridgehead atoms. The smallest absolute Gasteiger partial charge is 0.258 e. The molecule has 0 aliphatic heterocycles. The van der Waals surface area contributed by atoms with Crippen molar-refractivity contribution in [1.29, 1.82) is 5.26 Å². The quantitative estimate of drug-likeness (QED) is 0.763. The van der Waals surface area contributed by atoms with Crippen LogP contribution in [-0.4, -0.2) is 24.2 Å². The summed E-state index contributed by atoms with van der Waals surface area (Å²) in [6.07, 6.45) is -0.664. The highest BCUT2D eigenvalue weighted by Crippen LogP contribution is 2.26. The molecule has 5 nitrogen and oxygen atoms in total. The predicted octanol–water partition coefficient (Wildman–Crippen LogP) is 1.07. The molecule has 2 N–H and O–H groups in total. The highest BCUT2D eigenvalue weighted by molar-refractivity contribution is 5.77. The van der Waals surface area contributed by atoms with Crippen LogP contribution in [0.25, 0.3) is 0 Å². The zero-order valence-corrected chi connectivity index (χ0v) is 10.4. The predicted molar refractivity (Wildman–Crippen MR) is 65.9 cm³/mol. The molecule has 0 aliphatic rings. The molecule has 96 valence electrons. The van der Waals surface area contributed by atoms with Crippen LogP contribution >= 0.6 is 0 Å². The molecular weight excluding hydrogens is 232 g/mol. The summed E-state index contributed by atoms with van der Waals surface area (Å²) in [5.41, 5.74) is 1.61. The van der Waals surface area contributed by atoms with Gasteiger partial charge in [0, 0.05) is 5.56 Å². The van der Waals surface area contributed by atoms with Gasteiger partial charge in [0.2, 0.25) is 0 Å². The average molecular weight is 248 g/mol. The van der Waals surface area contributed by atoms with Crippen molar-refractivity contribution >= 4 is 5.91 Å². The Labute approximate surface area is 106 Å². The van der Waals surface area contributed by atoms with Gasteiger partial charge < -0.3 is 15.2 Å². The van der Waals surface area contributed by atoms with Crippen LogP contribution in [0.1, 0.15) is 24.2 Å².